The Kier molecular flexibility index (Phi) is 14.5. The fraction of sp³-hybridized carbons (Fsp3) is 0. The molecule has 4 nitrogen and oxygen atoms in total. The number of rotatable bonds is 0. The summed E-state index contributed by atoms with van der Waals surface area (Å²) in [5.74, 6) is 0. The first-order valence-electron chi connectivity index (χ1n) is 0.698. The molecule has 0 rings (SSSR count). The fourth-order valence-corrected chi connectivity index (χ4v) is 0. The third-order valence-electron chi connectivity index (χ3n) is 0. The molecule has 0 bridgehead atoms. The van der Waals surface area contributed by atoms with Crippen molar-refractivity contribution >= 4 is 59.3 Å². The predicted octanol–water partition coefficient (Wildman–Crippen LogP) is -0.811. The van der Waals surface area contributed by atoms with Crippen molar-refractivity contribution < 1.29 is 42.8 Å². The molecule has 2 N–H and O–H groups in total. The summed E-state index contributed by atoms with van der Waals surface area (Å²) < 4.78 is 31.6. The molecule has 0 heterocycles. The summed E-state index contributed by atoms with van der Waals surface area (Å²) in [5.41, 5.74) is 0. The third-order valence-corrected chi connectivity index (χ3v) is 0. The zero-order valence-corrected chi connectivity index (χ0v) is 9.87. The summed E-state index contributed by atoms with van der Waals surface area (Å²) in [6, 6.07) is 0. The van der Waals surface area contributed by atoms with Crippen molar-refractivity contribution in [3.63, 3.8) is 0 Å². The summed E-state index contributed by atoms with van der Waals surface area (Å²) in [6.45, 7) is 0. The van der Waals surface area contributed by atoms with Gasteiger partial charge in [-0.25, -0.2) is 0 Å². The van der Waals surface area contributed by atoms with E-state index < -0.39 is 10.4 Å². The van der Waals surface area contributed by atoms with E-state index in [1.807, 2.05) is 0 Å². The van der Waals surface area contributed by atoms with Crippen molar-refractivity contribution in [2.24, 2.45) is 0 Å². The van der Waals surface area contributed by atoms with Crippen molar-refractivity contribution in [3.05, 3.63) is 0 Å². The molecule has 0 unspecified atom stereocenters. The molecule has 0 aliphatic heterocycles. The van der Waals surface area contributed by atoms with Crippen LogP contribution in [0.1, 0.15) is 2.85 Å². The summed E-state index contributed by atoms with van der Waals surface area (Å²) in [7, 11) is -4.67. The molecule has 0 spiro atoms. The molecule has 47 valence electrons. The zero-order chi connectivity index (χ0) is 4.50. The minimum atomic E-state index is -4.67. The van der Waals surface area contributed by atoms with Gasteiger partial charge in [-0.15, -0.1) is 0 Å². The van der Waals surface area contributed by atoms with E-state index in [1.165, 1.54) is 0 Å². The van der Waals surface area contributed by atoms with E-state index in [9.17, 15) is 0 Å². The Hall–Kier alpha value is 2.18. The van der Waals surface area contributed by atoms with Gasteiger partial charge in [0.2, 0.25) is 0 Å². The van der Waals surface area contributed by atoms with E-state index in [1.54, 1.807) is 0 Å². The van der Waals surface area contributed by atoms with Crippen LogP contribution in [0, 0.1) is 0 Å². The number of hydrogen-bond donors (Lipinski definition) is 2. The van der Waals surface area contributed by atoms with Crippen LogP contribution in [0.25, 0.3) is 0 Å². The molecule has 0 aromatic carbocycles. The molecular formula is H4AgBaO4S. The Balaban J connectivity index is -0.0000000133. The van der Waals surface area contributed by atoms with Crippen molar-refractivity contribution in [2.75, 3.05) is 0 Å². The van der Waals surface area contributed by atoms with Gasteiger partial charge in [0.05, 0.1) is 0 Å². The monoisotopic (exact) mass is 345 g/mol. The Morgan fingerprint density at radius 2 is 1.29 bits per heavy atom. The van der Waals surface area contributed by atoms with E-state index >= 15 is 0 Å². The average molecular weight is 345 g/mol. The van der Waals surface area contributed by atoms with Crippen LogP contribution in [-0.4, -0.2) is 66.4 Å². The van der Waals surface area contributed by atoms with Crippen LogP contribution >= 0.6 is 0 Å². The molecule has 0 saturated heterocycles. The smallest absolute Gasteiger partial charge is 1.00 e. The number of hydrogen-bond acceptors (Lipinski definition) is 2. The van der Waals surface area contributed by atoms with Gasteiger partial charge < -0.3 is 2.85 Å². The molecule has 0 aromatic heterocycles. The summed E-state index contributed by atoms with van der Waals surface area (Å²) in [4.78, 5) is 0. The largest absolute Gasteiger partial charge is 2.00 e. The Labute approximate surface area is 100 Å². The molecule has 0 aromatic rings. The molecule has 0 fully saturated rings. The minimum Gasteiger partial charge on any atom is -1.00 e. The van der Waals surface area contributed by atoms with Crippen LogP contribution in [0.4, 0.5) is 0 Å². The van der Waals surface area contributed by atoms with Gasteiger partial charge >= 0.3 is 59.3 Å². The van der Waals surface area contributed by atoms with Crippen molar-refractivity contribution in [1.29, 1.82) is 0 Å². The maximum Gasteiger partial charge on any atom is 2.00 e. The van der Waals surface area contributed by atoms with Crippen LogP contribution < -0.4 is 0 Å². The van der Waals surface area contributed by atoms with Crippen LogP contribution in [0.2, 0.25) is 0 Å². The summed E-state index contributed by atoms with van der Waals surface area (Å²) in [5, 5.41) is 0. The zero-order valence-electron chi connectivity index (χ0n) is 5.13. The van der Waals surface area contributed by atoms with Gasteiger partial charge in [-0.3, -0.25) is 9.11 Å². The average Bonchev–Trinajstić information content (AvgIpc) is 0.722. The standard InChI is InChI=1S/Ag.Ba.H2O4S.2H/c;;1-5(2,3)4;;/h;;(H2,1,2,3,4);;/q;+2;;2*-1. The van der Waals surface area contributed by atoms with Gasteiger partial charge in [0.25, 0.3) is 0 Å². The quantitative estimate of drug-likeness (QED) is 0.445. The van der Waals surface area contributed by atoms with Gasteiger partial charge in [-0.05, 0) is 0 Å². The summed E-state index contributed by atoms with van der Waals surface area (Å²) in [6.07, 6.45) is 0. The second-order valence-corrected chi connectivity index (χ2v) is 1.34. The molecule has 7 heteroatoms. The molecule has 0 atom stereocenters. The van der Waals surface area contributed by atoms with Gasteiger partial charge in [-0.2, -0.15) is 8.42 Å². The van der Waals surface area contributed by atoms with E-state index in [4.69, 9.17) is 17.5 Å². The van der Waals surface area contributed by atoms with Gasteiger partial charge in [0.1, 0.15) is 0 Å². The maximum atomic E-state index is 8.74. The van der Waals surface area contributed by atoms with Crippen LogP contribution in [0.5, 0.6) is 0 Å². The van der Waals surface area contributed by atoms with E-state index in [0.29, 0.717) is 0 Å². The molecule has 1 radical (unpaired) electrons. The van der Waals surface area contributed by atoms with Gasteiger partial charge in [0, 0.05) is 22.4 Å². The van der Waals surface area contributed by atoms with E-state index in [0.717, 1.165) is 0 Å². The van der Waals surface area contributed by atoms with Crippen LogP contribution in [0.3, 0.4) is 0 Å². The molecule has 0 saturated carbocycles. The van der Waals surface area contributed by atoms with Crippen molar-refractivity contribution in [1.82, 2.24) is 0 Å². The second-order valence-electron chi connectivity index (χ2n) is 0.448. The molecular weight excluding hydrogens is 341 g/mol. The predicted molar refractivity (Wildman–Crippen MR) is 22.2 cm³/mol. The first-order chi connectivity index (χ1) is 2.00. The summed E-state index contributed by atoms with van der Waals surface area (Å²) >= 11 is 0. The Bertz CT molecular complexity index is 102. The molecule has 0 amide bonds. The topological polar surface area (TPSA) is 74.6 Å². The van der Waals surface area contributed by atoms with Gasteiger partial charge in [0.15, 0.2) is 0 Å². The molecule has 0 aliphatic rings. The normalized spacial score (nSPS) is 8.29. The van der Waals surface area contributed by atoms with E-state index in [2.05, 4.69) is 0 Å². The Morgan fingerprint density at radius 1 is 1.29 bits per heavy atom. The molecule has 0 aliphatic carbocycles. The first-order valence-corrected chi connectivity index (χ1v) is 2.10. The third kappa shape index (κ3) is 65.7. The van der Waals surface area contributed by atoms with Crippen LogP contribution in [0.15, 0.2) is 0 Å². The minimum absolute atomic E-state index is 0. The van der Waals surface area contributed by atoms with Crippen molar-refractivity contribution in [2.45, 2.75) is 0 Å². The second kappa shape index (κ2) is 6.30. The SMILES string of the molecule is O=S(=O)(O)O.[Ag].[Ba+2].[H-].[H-]. The molecule has 7 heavy (non-hydrogen) atoms. The van der Waals surface area contributed by atoms with E-state index in [-0.39, 0.29) is 74.1 Å². The first kappa shape index (κ1) is 16.1. The Morgan fingerprint density at radius 3 is 1.29 bits per heavy atom. The van der Waals surface area contributed by atoms with Gasteiger partial charge in [-0.1, -0.05) is 0 Å². The fourth-order valence-electron chi connectivity index (χ4n) is 0. The van der Waals surface area contributed by atoms with Crippen LogP contribution in [-0.2, 0) is 32.8 Å². The maximum absolute atomic E-state index is 8.74. The van der Waals surface area contributed by atoms with Crippen molar-refractivity contribution in [3.8, 4) is 0 Å².